The molecule has 0 saturated heterocycles. The van der Waals surface area contributed by atoms with Gasteiger partial charge in [-0.1, -0.05) is 31.2 Å². The molecule has 1 aliphatic rings. The van der Waals surface area contributed by atoms with Crippen molar-refractivity contribution >= 4 is 24.8 Å². The lowest BCUT2D eigenvalue weighted by Crippen LogP contribution is -2.40. The van der Waals surface area contributed by atoms with Crippen molar-refractivity contribution in [3.63, 3.8) is 0 Å². The van der Waals surface area contributed by atoms with Crippen molar-refractivity contribution in [2.75, 3.05) is 13.3 Å². The van der Waals surface area contributed by atoms with Crippen molar-refractivity contribution in [2.45, 2.75) is 32.4 Å². The van der Waals surface area contributed by atoms with Gasteiger partial charge in [-0.25, -0.2) is 9.98 Å². The smallest absolute Gasteiger partial charge is 0.178 e. The molecule has 2 rings (SSSR count). The highest BCUT2D eigenvalue weighted by Crippen LogP contribution is 2.07. The summed E-state index contributed by atoms with van der Waals surface area (Å²) in [5.41, 5.74) is 0.688. The molecule has 0 aromatic carbocycles. The number of imidazole rings is 1. The first kappa shape index (κ1) is 13.6. The monoisotopic (exact) mass is 286 g/mol. The summed E-state index contributed by atoms with van der Waals surface area (Å²) in [5, 5.41) is 4.39. The number of nitrogens with one attached hydrogen (secondary N) is 1. The fraction of sp³-hybridized carbons (Fsp3) is 0.636. The maximum atomic E-state index is 6.12. The molecule has 100 valence electrons. The zero-order valence-corrected chi connectivity index (χ0v) is 12.8. The lowest BCUT2D eigenvalue weighted by molar-refractivity contribution is 0.0851. The molecule has 1 aliphatic heterocycles. The van der Waals surface area contributed by atoms with Crippen molar-refractivity contribution in [1.29, 1.82) is 0 Å². The number of hydrogen-bond acceptors (Lipinski definition) is 4. The van der Waals surface area contributed by atoms with Gasteiger partial charge in [-0.15, -0.1) is 0 Å². The second-order valence-electron chi connectivity index (χ2n) is 5.54. The summed E-state index contributed by atoms with van der Waals surface area (Å²) in [6.07, 6.45) is 1.72. The highest BCUT2D eigenvalue weighted by molar-refractivity contribution is 6.76. The van der Waals surface area contributed by atoms with Gasteiger partial charge in [0.25, 0.3) is 0 Å². The number of nitrogens with zero attached hydrogens (tertiary/aromatic N) is 3. The van der Waals surface area contributed by atoms with Crippen LogP contribution in [0.2, 0.25) is 25.7 Å². The quantitative estimate of drug-likeness (QED) is 0.492. The Morgan fingerprint density at radius 1 is 1.50 bits per heavy atom. The first-order chi connectivity index (χ1) is 8.47. The van der Waals surface area contributed by atoms with Gasteiger partial charge >= 0.3 is 0 Å². The van der Waals surface area contributed by atoms with E-state index in [1.807, 2.05) is 4.57 Å². The molecule has 0 saturated carbocycles. The predicted molar refractivity (Wildman–Crippen MR) is 74.4 cm³/mol. The van der Waals surface area contributed by atoms with Gasteiger partial charge < -0.3 is 14.6 Å². The summed E-state index contributed by atoms with van der Waals surface area (Å²) in [5.74, 6) is 0. The molecule has 0 fully saturated rings. The molecule has 1 aromatic heterocycles. The van der Waals surface area contributed by atoms with E-state index >= 15 is 0 Å². The Balaban J connectivity index is 2.00. The average molecular weight is 287 g/mol. The van der Waals surface area contributed by atoms with E-state index in [0.29, 0.717) is 24.0 Å². The van der Waals surface area contributed by atoms with Gasteiger partial charge in [-0.05, 0) is 6.04 Å². The molecule has 0 amide bonds. The molecule has 1 N–H and O–H groups in total. The van der Waals surface area contributed by atoms with Gasteiger partial charge in [0.15, 0.2) is 5.49 Å². The molecule has 7 heteroatoms. The second-order valence-corrected chi connectivity index (χ2v) is 11.5. The van der Waals surface area contributed by atoms with E-state index in [-0.39, 0.29) is 0 Å². The first-order valence-electron chi connectivity index (χ1n) is 6.04. The summed E-state index contributed by atoms with van der Waals surface area (Å²) in [4.78, 5) is 8.45. The van der Waals surface area contributed by atoms with Crippen molar-refractivity contribution in [2.24, 2.45) is 4.99 Å². The molecule has 0 bridgehead atoms. The SMILES string of the molecule is C[Si](C)(C)CCOCn1cnc2c1=C(Cl)NCN=2. The minimum absolute atomic E-state index is 0.472. The Hall–Kier alpha value is -0.853. The number of rotatable bonds is 5. The molecule has 1 aromatic rings. The van der Waals surface area contributed by atoms with Gasteiger partial charge in [-0.3, -0.25) is 0 Å². The van der Waals surface area contributed by atoms with E-state index in [1.165, 1.54) is 0 Å². The third-order valence-corrected chi connectivity index (χ3v) is 4.73. The molecular weight excluding hydrogens is 268 g/mol. The van der Waals surface area contributed by atoms with Crippen LogP contribution >= 0.6 is 11.6 Å². The van der Waals surface area contributed by atoms with Crippen molar-refractivity contribution in [3.8, 4) is 0 Å². The van der Waals surface area contributed by atoms with Crippen LogP contribution in [0.4, 0.5) is 0 Å². The number of halogens is 1. The van der Waals surface area contributed by atoms with Gasteiger partial charge in [0.1, 0.15) is 23.9 Å². The van der Waals surface area contributed by atoms with Crippen LogP contribution in [0.15, 0.2) is 11.3 Å². The fourth-order valence-corrected chi connectivity index (χ4v) is 2.63. The van der Waals surface area contributed by atoms with Gasteiger partial charge in [0.2, 0.25) is 0 Å². The lowest BCUT2D eigenvalue weighted by atomic mass is 10.6. The van der Waals surface area contributed by atoms with Crippen molar-refractivity contribution in [1.82, 2.24) is 14.9 Å². The highest BCUT2D eigenvalue weighted by atomic mass is 35.5. The van der Waals surface area contributed by atoms with Crippen LogP contribution < -0.4 is 16.2 Å². The molecule has 2 heterocycles. The van der Waals surface area contributed by atoms with E-state index in [9.17, 15) is 0 Å². The zero-order chi connectivity index (χ0) is 13.2. The van der Waals surface area contributed by atoms with Gasteiger partial charge in [0.05, 0.1) is 6.33 Å². The molecule has 0 aliphatic carbocycles. The van der Waals surface area contributed by atoms with E-state index in [2.05, 4.69) is 34.9 Å². The van der Waals surface area contributed by atoms with Crippen LogP contribution in [0.3, 0.4) is 0 Å². The minimum Gasteiger partial charge on any atom is -0.361 e. The Morgan fingerprint density at radius 3 is 3.00 bits per heavy atom. The van der Waals surface area contributed by atoms with Crippen LogP contribution in [0.1, 0.15) is 0 Å². The average Bonchev–Trinajstić information content (AvgIpc) is 2.68. The zero-order valence-electron chi connectivity index (χ0n) is 11.0. The standard InChI is InChI=1S/C11H19ClN4OSi/c1-18(2,3)5-4-17-8-16-7-15-11-9(16)10(12)13-6-14-11/h7,13H,4-6,8H2,1-3H3. The number of aromatic nitrogens is 2. The minimum atomic E-state index is -1.03. The van der Waals surface area contributed by atoms with Crippen LogP contribution in [0.5, 0.6) is 0 Å². The van der Waals surface area contributed by atoms with Crippen LogP contribution in [0.25, 0.3) is 5.16 Å². The number of fused-ring (bicyclic) bond motifs is 1. The molecule has 18 heavy (non-hydrogen) atoms. The summed E-state index contributed by atoms with van der Waals surface area (Å²) in [7, 11) is -1.03. The van der Waals surface area contributed by atoms with Gasteiger partial charge in [-0.2, -0.15) is 0 Å². The molecule has 0 radical (unpaired) electrons. The summed E-state index contributed by atoms with van der Waals surface area (Å²) >= 11 is 6.12. The van der Waals surface area contributed by atoms with Crippen molar-refractivity contribution in [3.05, 3.63) is 17.2 Å². The van der Waals surface area contributed by atoms with Crippen LogP contribution in [-0.2, 0) is 11.5 Å². The Morgan fingerprint density at radius 2 is 2.28 bits per heavy atom. The molecule has 5 nitrogen and oxygen atoms in total. The third-order valence-electron chi connectivity index (χ3n) is 2.72. The Kier molecular flexibility index (Phi) is 4.09. The van der Waals surface area contributed by atoms with Crippen molar-refractivity contribution < 1.29 is 4.74 Å². The third kappa shape index (κ3) is 3.34. The fourth-order valence-electron chi connectivity index (χ4n) is 1.62. The largest absolute Gasteiger partial charge is 0.361 e. The number of ether oxygens (including phenoxy) is 1. The summed E-state index contributed by atoms with van der Waals surface area (Å²) < 4.78 is 7.57. The normalized spacial score (nSPS) is 15.0. The molecular formula is C11H19ClN4OSi. The summed E-state index contributed by atoms with van der Waals surface area (Å²) in [6, 6.07) is 1.16. The van der Waals surface area contributed by atoms with Crippen LogP contribution in [0, 0.1) is 0 Å². The summed E-state index contributed by atoms with van der Waals surface area (Å²) in [6.45, 7) is 8.75. The highest BCUT2D eigenvalue weighted by Gasteiger charge is 2.12. The van der Waals surface area contributed by atoms with Crippen LogP contribution in [-0.4, -0.2) is 30.9 Å². The molecule has 0 spiro atoms. The molecule has 0 unspecified atom stereocenters. The van der Waals surface area contributed by atoms with E-state index in [1.54, 1.807) is 6.33 Å². The van der Waals surface area contributed by atoms with E-state index in [4.69, 9.17) is 16.3 Å². The Labute approximate surface area is 113 Å². The Bertz CT molecular complexity index is 534. The maximum absolute atomic E-state index is 6.12. The lowest BCUT2D eigenvalue weighted by Gasteiger charge is -2.15. The second kappa shape index (κ2) is 5.42. The first-order valence-corrected chi connectivity index (χ1v) is 10.1. The predicted octanol–water partition coefficient (Wildman–Crippen LogP) is 0.680. The van der Waals surface area contributed by atoms with Gasteiger partial charge in [0, 0.05) is 14.7 Å². The van der Waals surface area contributed by atoms with E-state index < -0.39 is 8.07 Å². The topological polar surface area (TPSA) is 51.4 Å². The maximum Gasteiger partial charge on any atom is 0.178 e. The van der Waals surface area contributed by atoms with E-state index in [0.717, 1.165) is 18.0 Å². The number of hydrogen-bond donors (Lipinski definition) is 1. The molecule has 0 atom stereocenters.